The fraction of sp³-hybridized carbons (Fsp3) is 0.167. The molecule has 0 aliphatic rings. The van der Waals surface area contributed by atoms with Crippen LogP contribution in [-0.2, 0) is 13.7 Å². The van der Waals surface area contributed by atoms with Gasteiger partial charge in [0.05, 0.1) is 10.3 Å². The van der Waals surface area contributed by atoms with Crippen molar-refractivity contribution in [2.24, 2.45) is 7.05 Å². The van der Waals surface area contributed by atoms with Crippen LogP contribution in [0.3, 0.4) is 0 Å². The number of aromatic nitrogens is 1. The van der Waals surface area contributed by atoms with Crippen LogP contribution in [0.1, 0.15) is 5.69 Å². The molecule has 4 heteroatoms. The van der Waals surface area contributed by atoms with Crippen molar-refractivity contribution in [2.75, 3.05) is 0 Å². The first kappa shape index (κ1) is 11.2. The summed E-state index contributed by atoms with van der Waals surface area (Å²) in [5, 5.41) is 0. The van der Waals surface area contributed by atoms with E-state index in [1.54, 1.807) is 18.2 Å². The van der Waals surface area contributed by atoms with Gasteiger partial charge in [-0.25, -0.2) is 4.39 Å². The third-order valence-corrected chi connectivity index (χ3v) is 3.17. The minimum absolute atomic E-state index is 0.278. The zero-order valence-corrected chi connectivity index (χ0v) is 10.4. The number of ether oxygens (including phenoxy) is 1. The lowest BCUT2D eigenvalue weighted by molar-refractivity contribution is 0.282. The van der Waals surface area contributed by atoms with Gasteiger partial charge in [-0.15, -0.1) is 0 Å². The van der Waals surface area contributed by atoms with E-state index in [1.165, 1.54) is 6.07 Å². The molecule has 2 rings (SSSR count). The summed E-state index contributed by atoms with van der Waals surface area (Å²) in [7, 11) is 1.92. The average molecular weight is 284 g/mol. The Kier molecular flexibility index (Phi) is 3.29. The predicted molar refractivity (Wildman–Crippen MR) is 63.8 cm³/mol. The van der Waals surface area contributed by atoms with Gasteiger partial charge in [0.2, 0.25) is 0 Å². The number of benzene rings is 1. The fourth-order valence-corrected chi connectivity index (χ4v) is 1.74. The van der Waals surface area contributed by atoms with E-state index in [1.807, 2.05) is 23.7 Å². The monoisotopic (exact) mass is 283 g/mol. The third-order valence-electron chi connectivity index (χ3n) is 2.38. The van der Waals surface area contributed by atoms with Crippen LogP contribution in [0.2, 0.25) is 0 Å². The molecule has 0 N–H and O–H groups in total. The van der Waals surface area contributed by atoms with Crippen LogP contribution in [-0.4, -0.2) is 4.57 Å². The molecular weight excluding hydrogens is 273 g/mol. The molecule has 0 unspecified atom stereocenters. The highest BCUT2D eigenvalue weighted by Crippen LogP contribution is 2.19. The van der Waals surface area contributed by atoms with Gasteiger partial charge in [0.1, 0.15) is 6.61 Å². The van der Waals surface area contributed by atoms with Crippen molar-refractivity contribution in [3.8, 4) is 5.75 Å². The third kappa shape index (κ3) is 2.27. The lowest BCUT2D eigenvalue weighted by Gasteiger charge is -2.08. The second-order valence-corrected chi connectivity index (χ2v) is 4.24. The number of para-hydroxylation sites is 1. The summed E-state index contributed by atoms with van der Waals surface area (Å²) < 4.78 is 21.6. The highest BCUT2D eigenvalue weighted by Gasteiger charge is 2.05. The van der Waals surface area contributed by atoms with Crippen LogP contribution >= 0.6 is 15.9 Å². The number of hydrogen-bond donors (Lipinski definition) is 0. The minimum atomic E-state index is -0.337. The quantitative estimate of drug-likeness (QED) is 0.841. The standard InChI is InChI=1S/C12H11BrFNO/c1-15-9(6-7-12(15)13)8-16-11-5-3-2-4-10(11)14/h2-7H,8H2,1H3. The Bertz CT molecular complexity index is 496. The van der Waals surface area contributed by atoms with Crippen molar-refractivity contribution >= 4 is 15.9 Å². The summed E-state index contributed by atoms with van der Waals surface area (Å²) in [6.45, 7) is 0.350. The van der Waals surface area contributed by atoms with E-state index in [2.05, 4.69) is 15.9 Å². The van der Waals surface area contributed by atoms with Crippen LogP contribution < -0.4 is 4.74 Å². The molecule has 2 nitrogen and oxygen atoms in total. The van der Waals surface area contributed by atoms with Crippen molar-refractivity contribution in [2.45, 2.75) is 6.61 Å². The zero-order valence-electron chi connectivity index (χ0n) is 8.78. The molecule has 0 aliphatic heterocycles. The molecule has 0 bridgehead atoms. The number of halogens is 2. The van der Waals surface area contributed by atoms with Gasteiger partial charge >= 0.3 is 0 Å². The molecular formula is C12H11BrFNO. The van der Waals surface area contributed by atoms with Gasteiger partial charge in [-0.3, -0.25) is 0 Å². The van der Waals surface area contributed by atoms with Crippen LogP contribution in [0.4, 0.5) is 4.39 Å². The van der Waals surface area contributed by atoms with Crippen molar-refractivity contribution in [1.29, 1.82) is 0 Å². The Morgan fingerprint density at radius 3 is 2.62 bits per heavy atom. The maximum absolute atomic E-state index is 13.3. The minimum Gasteiger partial charge on any atom is -0.484 e. The number of hydrogen-bond acceptors (Lipinski definition) is 1. The Morgan fingerprint density at radius 2 is 2.00 bits per heavy atom. The summed E-state index contributed by atoms with van der Waals surface area (Å²) >= 11 is 3.39. The highest BCUT2D eigenvalue weighted by molar-refractivity contribution is 9.10. The van der Waals surface area contributed by atoms with E-state index < -0.39 is 0 Å². The summed E-state index contributed by atoms with van der Waals surface area (Å²) in [4.78, 5) is 0. The van der Waals surface area contributed by atoms with Crippen molar-refractivity contribution < 1.29 is 9.13 Å². The lowest BCUT2D eigenvalue weighted by Crippen LogP contribution is -2.02. The number of nitrogens with zero attached hydrogens (tertiary/aromatic N) is 1. The van der Waals surface area contributed by atoms with E-state index in [0.29, 0.717) is 6.61 Å². The fourth-order valence-electron chi connectivity index (χ4n) is 1.38. The molecule has 0 radical (unpaired) electrons. The Labute approximate surface area is 102 Å². The van der Waals surface area contributed by atoms with E-state index in [0.717, 1.165) is 10.3 Å². The summed E-state index contributed by atoms with van der Waals surface area (Å²) in [5.41, 5.74) is 0.982. The van der Waals surface area contributed by atoms with E-state index in [-0.39, 0.29) is 11.6 Å². The molecule has 0 amide bonds. The van der Waals surface area contributed by atoms with Crippen molar-refractivity contribution in [3.63, 3.8) is 0 Å². The zero-order chi connectivity index (χ0) is 11.5. The van der Waals surface area contributed by atoms with Crippen molar-refractivity contribution in [1.82, 2.24) is 4.57 Å². The Hall–Kier alpha value is -1.29. The van der Waals surface area contributed by atoms with E-state index in [9.17, 15) is 4.39 Å². The number of rotatable bonds is 3. The van der Waals surface area contributed by atoms with Crippen LogP contribution in [0.15, 0.2) is 41.0 Å². The first-order valence-corrected chi connectivity index (χ1v) is 5.65. The van der Waals surface area contributed by atoms with Gasteiger partial charge in [0, 0.05) is 7.05 Å². The summed E-state index contributed by atoms with van der Waals surface area (Å²) in [6, 6.07) is 10.3. The summed E-state index contributed by atoms with van der Waals surface area (Å²) in [6.07, 6.45) is 0. The molecule has 1 aromatic heterocycles. The molecule has 0 atom stereocenters. The molecule has 16 heavy (non-hydrogen) atoms. The molecule has 2 aromatic rings. The highest BCUT2D eigenvalue weighted by atomic mass is 79.9. The second kappa shape index (κ2) is 4.70. The summed E-state index contributed by atoms with van der Waals surface area (Å²) in [5.74, 6) is -0.0596. The largest absolute Gasteiger partial charge is 0.484 e. The van der Waals surface area contributed by atoms with E-state index >= 15 is 0 Å². The lowest BCUT2D eigenvalue weighted by atomic mass is 10.3. The molecule has 0 saturated carbocycles. The van der Waals surface area contributed by atoms with Crippen LogP contribution in [0.25, 0.3) is 0 Å². The Morgan fingerprint density at radius 1 is 1.25 bits per heavy atom. The normalized spacial score (nSPS) is 10.4. The van der Waals surface area contributed by atoms with Crippen LogP contribution in [0, 0.1) is 5.82 Å². The van der Waals surface area contributed by atoms with Gasteiger partial charge in [0.15, 0.2) is 11.6 Å². The molecule has 0 fully saturated rings. The molecule has 84 valence electrons. The van der Waals surface area contributed by atoms with Crippen molar-refractivity contribution in [3.05, 3.63) is 52.5 Å². The van der Waals surface area contributed by atoms with Gasteiger partial charge in [-0.2, -0.15) is 0 Å². The second-order valence-electron chi connectivity index (χ2n) is 3.43. The SMILES string of the molecule is Cn1c(Br)ccc1COc1ccccc1F. The van der Waals surface area contributed by atoms with Crippen LogP contribution in [0.5, 0.6) is 5.75 Å². The average Bonchev–Trinajstić information content (AvgIpc) is 2.59. The van der Waals surface area contributed by atoms with Gasteiger partial charge in [0.25, 0.3) is 0 Å². The smallest absolute Gasteiger partial charge is 0.165 e. The predicted octanol–water partition coefficient (Wildman–Crippen LogP) is 3.51. The first-order valence-electron chi connectivity index (χ1n) is 4.86. The Balaban J connectivity index is 2.08. The van der Waals surface area contributed by atoms with Gasteiger partial charge < -0.3 is 9.30 Å². The first-order chi connectivity index (χ1) is 7.68. The van der Waals surface area contributed by atoms with Gasteiger partial charge in [-0.05, 0) is 40.2 Å². The molecule has 1 heterocycles. The molecule has 1 aromatic carbocycles. The molecule has 0 saturated heterocycles. The topological polar surface area (TPSA) is 14.2 Å². The molecule has 0 spiro atoms. The van der Waals surface area contributed by atoms with E-state index in [4.69, 9.17) is 4.74 Å². The van der Waals surface area contributed by atoms with Gasteiger partial charge in [-0.1, -0.05) is 12.1 Å². The maximum atomic E-state index is 13.3. The maximum Gasteiger partial charge on any atom is 0.165 e. The molecule has 0 aliphatic carbocycles.